The Balaban J connectivity index is 0.000000255. The third kappa shape index (κ3) is 5.13. The molecule has 1 fully saturated rings. The van der Waals surface area contributed by atoms with E-state index < -0.39 is 22.0 Å². The molecule has 0 spiro atoms. The van der Waals surface area contributed by atoms with Crippen LogP contribution in [0.25, 0.3) is 6.08 Å². The number of carbonyl (C=O) groups excluding carboxylic acids is 1. The van der Waals surface area contributed by atoms with Crippen LogP contribution < -0.4 is 5.73 Å². The number of benzene rings is 1. The number of sulfonamides is 1. The quantitative estimate of drug-likeness (QED) is 0.839. The first-order valence-electron chi connectivity index (χ1n) is 6.99. The number of carbonyl (C=O) groups is 1. The molecule has 120 valence electrons. The highest BCUT2D eigenvalue weighted by molar-refractivity contribution is 7.89. The van der Waals surface area contributed by atoms with E-state index in [0.29, 0.717) is 19.4 Å². The Bertz CT molecular complexity index is 612. The van der Waals surface area contributed by atoms with E-state index in [1.54, 1.807) is 0 Å². The lowest BCUT2D eigenvalue weighted by atomic mass is 10.2. The van der Waals surface area contributed by atoms with Gasteiger partial charge in [-0.15, -0.1) is 6.58 Å². The molecule has 1 heterocycles. The summed E-state index contributed by atoms with van der Waals surface area (Å²) in [5.41, 5.74) is 6.28. The molecule has 0 bridgehead atoms. The zero-order valence-electron chi connectivity index (χ0n) is 12.5. The first kappa shape index (κ1) is 18.1. The molecule has 5 nitrogen and oxygen atoms in total. The van der Waals surface area contributed by atoms with Gasteiger partial charge in [-0.25, -0.2) is 8.42 Å². The lowest BCUT2D eigenvalue weighted by molar-refractivity contribution is -0.121. The largest absolute Gasteiger partial charge is 0.368 e. The molecular formula is C16H22N2O3S. The van der Waals surface area contributed by atoms with Crippen LogP contribution >= 0.6 is 0 Å². The average molecular weight is 322 g/mol. The van der Waals surface area contributed by atoms with Crippen molar-refractivity contribution in [3.8, 4) is 0 Å². The fourth-order valence-corrected chi connectivity index (χ4v) is 3.68. The number of hydrogen-bond donors (Lipinski definition) is 1. The van der Waals surface area contributed by atoms with Crippen molar-refractivity contribution < 1.29 is 13.2 Å². The van der Waals surface area contributed by atoms with E-state index in [2.05, 4.69) is 13.2 Å². The van der Waals surface area contributed by atoms with Crippen LogP contribution in [0.4, 0.5) is 0 Å². The summed E-state index contributed by atoms with van der Waals surface area (Å²) in [5.74, 6) is -0.716. The Morgan fingerprint density at radius 1 is 1.32 bits per heavy atom. The summed E-state index contributed by atoms with van der Waals surface area (Å²) < 4.78 is 24.4. The molecule has 1 atom stereocenters. The first-order valence-corrected chi connectivity index (χ1v) is 8.60. The molecule has 1 aliphatic heterocycles. The summed E-state index contributed by atoms with van der Waals surface area (Å²) in [6, 6.07) is 9.36. The van der Waals surface area contributed by atoms with Gasteiger partial charge in [0.15, 0.2) is 0 Å². The molecule has 0 radical (unpaired) electrons. The second-order valence-corrected chi connectivity index (χ2v) is 6.82. The zero-order valence-corrected chi connectivity index (χ0v) is 13.3. The van der Waals surface area contributed by atoms with Crippen molar-refractivity contribution in [2.45, 2.75) is 18.9 Å². The van der Waals surface area contributed by atoms with Gasteiger partial charge in [-0.05, 0) is 18.4 Å². The fraction of sp³-hybridized carbons (Fsp3) is 0.312. The molecule has 2 N–H and O–H groups in total. The smallest absolute Gasteiger partial charge is 0.235 e. The molecule has 1 amide bonds. The number of nitrogens with zero attached hydrogens (tertiary/aromatic N) is 1. The van der Waals surface area contributed by atoms with Crippen LogP contribution in [-0.2, 0) is 14.8 Å². The minimum Gasteiger partial charge on any atom is -0.368 e. The van der Waals surface area contributed by atoms with Gasteiger partial charge in [-0.1, -0.05) is 49.1 Å². The molecule has 0 saturated carbocycles. The Morgan fingerprint density at radius 3 is 2.41 bits per heavy atom. The Kier molecular flexibility index (Phi) is 7.01. The number of rotatable bonds is 5. The molecule has 2 rings (SSSR count). The van der Waals surface area contributed by atoms with E-state index in [1.165, 1.54) is 15.9 Å². The Morgan fingerprint density at radius 2 is 1.95 bits per heavy atom. The van der Waals surface area contributed by atoms with E-state index >= 15 is 0 Å². The van der Waals surface area contributed by atoms with Crippen molar-refractivity contribution in [3.63, 3.8) is 0 Å². The predicted octanol–water partition coefficient (Wildman–Crippen LogP) is 1.78. The van der Waals surface area contributed by atoms with Crippen molar-refractivity contribution in [3.05, 3.63) is 55.1 Å². The highest BCUT2D eigenvalue weighted by Crippen LogP contribution is 2.20. The van der Waals surface area contributed by atoms with E-state index in [1.807, 2.05) is 36.4 Å². The standard InChI is InChI=1S/C8H14N2O3S.C8H8/c1-2-6-14(12,13)10-5-3-4-7(10)8(9)11;1-2-8-6-4-3-5-7-8/h2,7H,1,3-6H2,(H2,9,11);2-7H,1H2/t7-;/m0./s1. The van der Waals surface area contributed by atoms with Crippen LogP contribution in [-0.4, -0.2) is 37.0 Å². The zero-order chi connectivity index (χ0) is 16.6. The molecule has 1 aromatic carbocycles. The van der Waals surface area contributed by atoms with Gasteiger partial charge < -0.3 is 5.73 Å². The molecular weight excluding hydrogens is 300 g/mol. The molecule has 1 aliphatic rings. The summed E-state index contributed by atoms with van der Waals surface area (Å²) in [4.78, 5) is 11.0. The van der Waals surface area contributed by atoms with Gasteiger partial charge in [0.1, 0.15) is 6.04 Å². The second-order valence-electron chi connectivity index (χ2n) is 4.85. The van der Waals surface area contributed by atoms with Crippen molar-refractivity contribution in [1.29, 1.82) is 0 Å². The summed E-state index contributed by atoms with van der Waals surface area (Å²) in [6.45, 7) is 7.37. The van der Waals surface area contributed by atoms with Crippen LogP contribution in [0.15, 0.2) is 49.6 Å². The van der Waals surface area contributed by atoms with Gasteiger partial charge in [0.25, 0.3) is 0 Å². The van der Waals surface area contributed by atoms with E-state index in [0.717, 1.165) is 0 Å². The monoisotopic (exact) mass is 322 g/mol. The average Bonchev–Trinajstić information content (AvgIpc) is 2.99. The molecule has 1 saturated heterocycles. The number of nitrogens with two attached hydrogens (primary N) is 1. The lowest BCUT2D eigenvalue weighted by Gasteiger charge is -2.20. The minimum atomic E-state index is -3.39. The van der Waals surface area contributed by atoms with Gasteiger partial charge in [-0.2, -0.15) is 4.31 Å². The van der Waals surface area contributed by atoms with Gasteiger partial charge in [-0.3, -0.25) is 4.79 Å². The molecule has 1 aromatic rings. The number of amides is 1. The highest BCUT2D eigenvalue weighted by atomic mass is 32.2. The minimum absolute atomic E-state index is 0.142. The van der Waals surface area contributed by atoms with Crippen molar-refractivity contribution >= 4 is 22.0 Å². The highest BCUT2D eigenvalue weighted by Gasteiger charge is 2.36. The lowest BCUT2D eigenvalue weighted by Crippen LogP contribution is -2.44. The van der Waals surface area contributed by atoms with Crippen LogP contribution in [0.3, 0.4) is 0 Å². The summed E-state index contributed by atoms with van der Waals surface area (Å²) >= 11 is 0. The molecule has 22 heavy (non-hydrogen) atoms. The van der Waals surface area contributed by atoms with Crippen LogP contribution in [0.1, 0.15) is 18.4 Å². The third-order valence-corrected chi connectivity index (χ3v) is 5.06. The number of primary amides is 1. The maximum Gasteiger partial charge on any atom is 0.235 e. The maximum atomic E-state index is 11.6. The third-order valence-electron chi connectivity index (χ3n) is 3.25. The topological polar surface area (TPSA) is 80.5 Å². The maximum absolute atomic E-state index is 11.6. The molecule has 6 heteroatoms. The van der Waals surface area contributed by atoms with Crippen molar-refractivity contribution in [2.24, 2.45) is 5.73 Å². The van der Waals surface area contributed by atoms with Crippen LogP contribution in [0.5, 0.6) is 0 Å². The van der Waals surface area contributed by atoms with Gasteiger partial charge in [0, 0.05) is 6.54 Å². The van der Waals surface area contributed by atoms with E-state index in [9.17, 15) is 13.2 Å². The second kappa shape index (κ2) is 8.51. The predicted molar refractivity (Wildman–Crippen MR) is 89.4 cm³/mol. The normalized spacial score (nSPS) is 18.1. The van der Waals surface area contributed by atoms with Crippen LogP contribution in [0, 0.1) is 0 Å². The molecule has 0 aliphatic carbocycles. The summed E-state index contributed by atoms with van der Waals surface area (Å²) in [7, 11) is -3.39. The SMILES string of the molecule is C=CCS(=O)(=O)N1CCC[C@H]1C(N)=O.C=Cc1ccccc1. The molecule has 0 aromatic heterocycles. The van der Waals surface area contributed by atoms with Gasteiger partial charge >= 0.3 is 0 Å². The Labute approximate surface area is 132 Å². The fourth-order valence-electron chi connectivity index (χ4n) is 2.19. The van der Waals surface area contributed by atoms with E-state index in [4.69, 9.17) is 5.73 Å². The summed E-state index contributed by atoms with van der Waals surface area (Å²) in [6.07, 6.45) is 4.35. The van der Waals surface area contributed by atoms with Crippen molar-refractivity contribution in [1.82, 2.24) is 4.31 Å². The molecule has 0 unspecified atom stereocenters. The van der Waals surface area contributed by atoms with Crippen LogP contribution in [0.2, 0.25) is 0 Å². The van der Waals surface area contributed by atoms with Gasteiger partial charge in [0.2, 0.25) is 15.9 Å². The number of hydrogen-bond acceptors (Lipinski definition) is 3. The first-order chi connectivity index (χ1) is 10.4. The van der Waals surface area contributed by atoms with Gasteiger partial charge in [0.05, 0.1) is 5.75 Å². The summed E-state index contributed by atoms with van der Waals surface area (Å²) in [5, 5.41) is 0. The van der Waals surface area contributed by atoms with Crippen molar-refractivity contribution in [2.75, 3.05) is 12.3 Å². The Hall–Kier alpha value is -1.92. The van der Waals surface area contributed by atoms with E-state index in [-0.39, 0.29) is 5.75 Å².